The van der Waals surface area contributed by atoms with Crippen LogP contribution in [0.5, 0.6) is 0 Å². The van der Waals surface area contributed by atoms with E-state index in [1.807, 2.05) is 24.3 Å². The van der Waals surface area contributed by atoms with Crippen molar-refractivity contribution in [2.75, 3.05) is 24.7 Å². The van der Waals surface area contributed by atoms with E-state index in [2.05, 4.69) is 34.9 Å². The van der Waals surface area contributed by atoms with Crippen LogP contribution in [0.1, 0.15) is 42.7 Å². The van der Waals surface area contributed by atoms with Crippen LogP contribution in [0.15, 0.2) is 48.5 Å². The van der Waals surface area contributed by atoms with Gasteiger partial charge in [0.05, 0.1) is 11.7 Å². The van der Waals surface area contributed by atoms with Crippen LogP contribution >= 0.6 is 11.8 Å². The van der Waals surface area contributed by atoms with Crippen molar-refractivity contribution in [2.45, 2.75) is 37.6 Å². The fraction of sp³-hybridized carbons (Fsp3) is 0.423. The van der Waals surface area contributed by atoms with Crippen LogP contribution < -0.4 is 10.6 Å². The van der Waals surface area contributed by atoms with Crippen LogP contribution in [0.3, 0.4) is 0 Å². The minimum atomic E-state index is -0.785. The van der Waals surface area contributed by atoms with Crippen molar-refractivity contribution in [3.63, 3.8) is 0 Å². The zero-order valence-electron chi connectivity index (χ0n) is 19.0. The zero-order chi connectivity index (χ0) is 23.9. The van der Waals surface area contributed by atoms with Crippen LogP contribution in [-0.2, 0) is 14.3 Å². The molecule has 34 heavy (non-hydrogen) atoms. The van der Waals surface area contributed by atoms with E-state index in [1.54, 1.807) is 0 Å². The molecule has 0 bridgehead atoms. The molecule has 0 aromatic heterocycles. The largest absolute Gasteiger partial charge is 0.481 e. The minimum absolute atomic E-state index is 0.0248. The number of thioether (sulfide) groups is 1. The van der Waals surface area contributed by atoms with Gasteiger partial charge in [0.25, 0.3) is 0 Å². The Labute approximate surface area is 203 Å². The Balaban J connectivity index is 1.13. The number of alkyl carbamates (subject to hydrolysis) is 1. The van der Waals surface area contributed by atoms with Gasteiger partial charge in [-0.1, -0.05) is 55.0 Å². The van der Waals surface area contributed by atoms with E-state index in [-0.39, 0.29) is 36.1 Å². The van der Waals surface area contributed by atoms with Crippen molar-refractivity contribution >= 4 is 29.7 Å². The summed E-state index contributed by atoms with van der Waals surface area (Å²) in [6.45, 7) is 0.674. The summed E-state index contributed by atoms with van der Waals surface area (Å²) in [4.78, 5) is 35.5. The van der Waals surface area contributed by atoms with Gasteiger partial charge in [0.15, 0.2) is 0 Å². The number of amides is 2. The molecule has 2 amide bonds. The lowest BCUT2D eigenvalue weighted by molar-refractivity contribution is -0.143. The number of aliphatic carboxylic acids is 1. The van der Waals surface area contributed by atoms with Gasteiger partial charge in [-0.3, -0.25) is 9.59 Å². The van der Waals surface area contributed by atoms with Crippen molar-refractivity contribution < 1.29 is 24.2 Å². The molecule has 0 saturated heterocycles. The smallest absolute Gasteiger partial charge is 0.407 e. The molecule has 3 N–H and O–H groups in total. The van der Waals surface area contributed by atoms with E-state index in [0.29, 0.717) is 25.1 Å². The lowest BCUT2D eigenvalue weighted by Crippen LogP contribution is -2.40. The Hall–Kier alpha value is -3.00. The molecule has 0 radical (unpaired) electrons. The number of rotatable bonds is 9. The van der Waals surface area contributed by atoms with Gasteiger partial charge >= 0.3 is 12.1 Å². The van der Waals surface area contributed by atoms with E-state index in [4.69, 9.17) is 9.84 Å². The first-order valence-corrected chi connectivity index (χ1v) is 12.9. The fourth-order valence-electron chi connectivity index (χ4n) is 4.85. The second kappa shape index (κ2) is 11.4. The average molecular weight is 483 g/mol. The Kier molecular flexibility index (Phi) is 8.11. The van der Waals surface area contributed by atoms with E-state index in [0.717, 1.165) is 12.8 Å². The van der Waals surface area contributed by atoms with E-state index in [9.17, 15) is 14.4 Å². The Bertz CT molecular complexity index is 998. The molecule has 2 unspecified atom stereocenters. The van der Waals surface area contributed by atoms with Crippen molar-refractivity contribution in [2.24, 2.45) is 5.92 Å². The maximum Gasteiger partial charge on any atom is 0.407 e. The molecule has 2 atom stereocenters. The predicted molar refractivity (Wildman–Crippen MR) is 132 cm³/mol. The first-order chi connectivity index (χ1) is 16.5. The molecule has 7 nitrogen and oxygen atoms in total. The highest BCUT2D eigenvalue weighted by Crippen LogP contribution is 2.44. The fourth-order valence-corrected chi connectivity index (χ4v) is 5.51. The molecule has 180 valence electrons. The third-order valence-corrected chi connectivity index (χ3v) is 7.44. The molecular weight excluding hydrogens is 452 g/mol. The molecule has 2 aliphatic rings. The molecule has 2 aliphatic carbocycles. The van der Waals surface area contributed by atoms with Crippen molar-refractivity contribution in [3.8, 4) is 11.1 Å². The number of benzene rings is 2. The Morgan fingerprint density at radius 2 is 1.68 bits per heavy atom. The minimum Gasteiger partial charge on any atom is -0.481 e. The van der Waals surface area contributed by atoms with Crippen LogP contribution in [0.25, 0.3) is 11.1 Å². The summed E-state index contributed by atoms with van der Waals surface area (Å²) in [6, 6.07) is 16.3. The summed E-state index contributed by atoms with van der Waals surface area (Å²) >= 11 is 1.43. The number of hydrogen-bond donors (Lipinski definition) is 3. The summed E-state index contributed by atoms with van der Waals surface area (Å²) in [7, 11) is 0. The van der Waals surface area contributed by atoms with E-state index >= 15 is 0 Å². The van der Waals surface area contributed by atoms with Gasteiger partial charge in [0, 0.05) is 24.3 Å². The van der Waals surface area contributed by atoms with Crippen molar-refractivity contribution in [1.29, 1.82) is 0 Å². The molecule has 2 aromatic rings. The van der Waals surface area contributed by atoms with Gasteiger partial charge in [0.2, 0.25) is 5.91 Å². The summed E-state index contributed by atoms with van der Waals surface area (Å²) in [5, 5.41) is 14.8. The number of fused-ring (bicyclic) bond motifs is 3. The number of nitrogens with one attached hydrogen (secondary N) is 2. The summed E-state index contributed by atoms with van der Waals surface area (Å²) in [5.41, 5.74) is 4.72. The van der Waals surface area contributed by atoms with Crippen LogP contribution in [0.4, 0.5) is 4.79 Å². The highest BCUT2D eigenvalue weighted by atomic mass is 32.2. The lowest BCUT2D eigenvalue weighted by atomic mass is 9.86. The average Bonchev–Trinajstić information content (AvgIpc) is 3.16. The molecular formula is C26H30N2O5S. The van der Waals surface area contributed by atoms with Gasteiger partial charge in [-0.05, 0) is 41.5 Å². The topological polar surface area (TPSA) is 105 Å². The van der Waals surface area contributed by atoms with Crippen molar-refractivity contribution in [1.82, 2.24) is 10.6 Å². The first kappa shape index (κ1) is 24.1. The normalized spacial score (nSPS) is 19.1. The maximum atomic E-state index is 12.2. The molecule has 1 saturated carbocycles. The Morgan fingerprint density at radius 3 is 2.35 bits per heavy atom. The quantitative estimate of drug-likeness (QED) is 0.467. The standard InChI is InChI=1S/C26H30N2O5S/c29-24(28-18-7-5-6-17(14-18)25(30)31)16-34-13-12-27-26(32)33-15-23-21-10-3-1-8-19(21)20-9-2-4-11-22(20)23/h1-4,8-11,17-18,23H,5-7,12-16H2,(H,27,32)(H,28,29)(H,30,31). The summed E-state index contributed by atoms with van der Waals surface area (Å²) < 4.78 is 5.51. The van der Waals surface area contributed by atoms with Gasteiger partial charge < -0.3 is 20.5 Å². The maximum absolute atomic E-state index is 12.2. The van der Waals surface area contributed by atoms with Gasteiger partial charge in [-0.2, -0.15) is 11.8 Å². The van der Waals surface area contributed by atoms with E-state index in [1.165, 1.54) is 34.0 Å². The third-order valence-electron chi connectivity index (χ3n) is 6.48. The highest BCUT2D eigenvalue weighted by molar-refractivity contribution is 7.99. The predicted octanol–water partition coefficient (Wildman–Crippen LogP) is 4.02. The van der Waals surface area contributed by atoms with Gasteiger partial charge in [-0.15, -0.1) is 0 Å². The molecule has 0 spiro atoms. The molecule has 0 aliphatic heterocycles. The molecule has 2 aromatic carbocycles. The highest BCUT2D eigenvalue weighted by Gasteiger charge is 2.29. The molecule has 0 heterocycles. The SMILES string of the molecule is O=C(CSCCNC(=O)OCC1c2ccccc2-c2ccccc21)NC1CCCC(C(=O)O)C1. The van der Waals surface area contributed by atoms with Gasteiger partial charge in [-0.25, -0.2) is 4.79 Å². The number of carbonyl (C=O) groups is 3. The number of hydrogen-bond acceptors (Lipinski definition) is 5. The summed E-state index contributed by atoms with van der Waals surface area (Å²) in [5.74, 6) is -0.361. The number of carboxylic acids is 1. The second-order valence-electron chi connectivity index (χ2n) is 8.77. The summed E-state index contributed by atoms with van der Waals surface area (Å²) in [6.07, 6.45) is 2.35. The van der Waals surface area contributed by atoms with Crippen molar-refractivity contribution in [3.05, 3.63) is 59.7 Å². The molecule has 4 rings (SSSR count). The van der Waals surface area contributed by atoms with E-state index < -0.39 is 12.1 Å². The number of ether oxygens (including phenoxy) is 1. The monoisotopic (exact) mass is 482 g/mol. The Morgan fingerprint density at radius 1 is 1.00 bits per heavy atom. The van der Waals surface area contributed by atoms with Crippen LogP contribution in [0, 0.1) is 5.92 Å². The zero-order valence-corrected chi connectivity index (χ0v) is 19.8. The first-order valence-electron chi connectivity index (χ1n) is 11.7. The van der Waals surface area contributed by atoms with Crippen LogP contribution in [-0.4, -0.2) is 53.8 Å². The second-order valence-corrected chi connectivity index (χ2v) is 9.88. The molecule has 8 heteroatoms. The van der Waals surface area contributed by atoms with Gasteiger partial charge in [0.1, 0.15) is 6.61 Å². The lowest BCUT2D eigenvalue weighted by Gasteiger charge is -2.27. The number of carbonyl (C=O) groups excluding carboxylic acids is 2. The molecule has 1 fully saturated rings. The number of carboxylic acid groups (broad SMARTS) is 1. The van der Waals surface area contributed by atoms with Crippen LogP contribution in [0.2, 0.25) is 0 Å². The third kappa shape index (κ3) is 5.91.